The third kappa shape index (κ3) is 5.52. The van der Waals surface area contributed by atoms with Crippen LogP contribution in [0.25, 0.3) is 11.3 Å². The molecule has 0 saturated carbocycles. The van der Waals surface area contributed by atoms with Crippen LogP contribution in [-0.4, -0.2) is 45.0 Å². The summed E-state index contributed by atoms with van der Waals surface area (Å²) in [6.45, 7) is 12.0. The third-order valence-corrected chi connectivity index (χ3v) is 12.6. The first kappa shape index (κ1) is 27.2. The van der Waals surface area contributed by atoms with Crippen LogP contribution in [0.5, 0.6) is 0 Å². The highest BCUT2D eigenvalue weighted by Gasteiger charge is 2.40. The number of hydrogen-bond acceptors (Lipinski definition) is 5. The van der Waals surface area contributed by atoms with Crippen molar-refractivity contribution in [1.29, 1.82) is 0 Å². The number of fused-ring (bicyclic) bond motifs is 1. The van der Waals surface area contributed by atoms with Crippen molar-refractivity contribution in [1.82, 2.24) is 24.0 Å². The minimum atomic E-state index is -2.04. The quantitative estimate of drug-likeness (QED) is 0.229. The molecule has 204 valence electrons. The number of hydrogen-bond donors (Lipinski definition) is 1. The van der Waals surface area contributed by atoms with E-state index in [1.165, 1.54) is 0 Å². The highest BCUT2D eigenvalue weighted by Crippen LogP contribution is 2.39. The van der Waals surface area contributed by atoms with Crippen LogP contribution >= 0.6 is 11.6 Å². The Morgan fingerprint density at radius 3 is 2.62 bits per heavy atom. The van der Waals surface area contributed by atoms with Gasteiger partial charge in [-0.2, -0.15) is 0 Å². The average molecular weight is 563 g/mol. The summed E-state index contributed by atoms with van der Waals surface area (Å²) in [7, 11) is -0.0818. The van der Waals surface area contributed by atoms with Crippen molar-refractivity contribution in [3.63, 3.8) is 0 Å². The average Bonchev–Trinajstić information content (AvgIpc) is 3.56. The number of aromatic nitrogens is 4. The normalized spacial score (nSPS) is 14.5. The van der Waals surface area contributed by atoms with E-state index in [9.17, 15) is 4.79 Å². The highest BCUT2D eigenvalue weighted by molar-refractivity contribution is 6.74. The van der Waals surface area contributed by atoms with E-state index in [0.717, 1.165) is 28.3 Å². The van der Waals surface area contributed by atoms with Crippen molar-refractivity contribution in [2.75, 3.05) is 11.9 Å². The van der Waals surface area contributed by atoms with E-state index in [4.69, 9.17) is 16.0 Å². The lowest BCUT2D eigenvalue weighted by Crippen LogP contribution is -2.44. The molecule has 1 amide bonds. The van der Waals surface area contributed by atoms with Crippen LogP contribution in [0.3, 0.4) is 0 Å². The first-order chi connectivity index (χ1) is 18.4. The second kappa shape index (κ2) is 10.3. The predicted octanol–water partition coefficient (Wildman–Crippen LogP) is 7.23. The number of rotatable bonds is 8. The number of carbonyl (C=O) groups excluding carboxylic acids is 1. The van der Waals surface area contributed by atoms with Crippen LogP contribution in [0.4, 0.5) is 16.6 Å². The Morgan fingerprint density at radius 2 is 1.95 bits per heavy atom. The van der Waals surface area contributed by atoms with E-state index in [1.54, 1.807) is 10.8 Å². The molecule has 0 bridgehead atoms. The Hall–Kier alpha value is -3.40. The van der Waals surface area contributed by atoms with Gasteiger partial charge in [0.25, 0.3) is 0 Å². The molecule has 39 heavy (non-hydrogen) atoms. The maximum absolute atomic E-state index is 13.7. The van der Waals surface area contributed by atoms with E-state index >= 15 is 0 Å². The molecule has 10 heteroatoms. The standard InChI is InChI=1S/C29H35ClN6O2Si/c1-29(2,3)39(5,6)38-19-25(20-9-7-10-22(30)15-20)36-18-23-16-21(17-35(23)28(36)37)24-12-13-31-27(32-24)33-26-11-8-14-34(26)4/h7-17,25H,18-19H2,1-6H3,(H,31,32,33)/t25-/m1/s1. The maximum Gasteiger partial charge on any atom is 0.329 e. The largest absolute Gasteiger partial charge is 0.414 e. The van der Waals surface area contributed by atoms with Gasteiger partial charge in [0.2, 0.25) is 5.95 Å². The molecule has 0 fully saturated rings. The minimum absolute atomic E-state index is 0.0621. The summed E-state index contributed by atoms with van der Waals surface area (Å²) in [5.74, 6) is 1.39. The number of nitrogens with zero attached hydrogens (tertiary/aromatic N) is 5. The van der Waals surface area contributed by atoms with Crippen LogP contribution in [0, 0.1) is 0 Å². The Bertz CT molecular complexity index is 1510. The van der Waals surface area contributed by atoms with E-state index in [1.807, 2.05) is 77.4 Å². The monoisotopic (exact) mass is 562 g/mol. The molecular formula is C29H35ClN6O2Si. The zero-order valence-corrected chi connectivity index (χ0v) is 25.0. The smallest absolute Gasteiger partial charge is 0.329 e. The minimum Gasteiger partial charge on any atom is -0.414 e. The highest BCUT2D eigenvalue weighted by atomic mass is 35.5. The molecule has 3 aromatic heterocycles. The lowest BCUT2D eigenvalue weighted by molar-refractivity contribution is 0.144. The van der Waals surface area contributed by atoms with Crippen molar-refractivity contribution in [3.8, 4) is 11.3 Å². The molecule has 8 nitrogen and oxygen atoms in total. The number of anilines is 2. The van der Waals surface area contributed by atoms with E-state index in [0.29, 0.717) is 24.1 Å². The molecule has 0 spiro atoms. The zero-order valence-electron chi connectivity index (χ0n) is 23.3. The van der Waals surface area contributed by atoms with Gasteiger partial charge in [-0.05, 0) is 60.1 Å². The Kier molecular flexibility index (Phi) is 7.17. The Morgan fingerprint density at radius 1 is 1.15 bits per heavy atom. The predicted molar refractivity (Wildman–Crippen MR) is 158 cm³/mol. The number of carbonyl (C=O) groups is 1. The molecule has 0 radical (unpaired) electrons. The number of benzene rings is 1. The SMILES string of the molecule is Cn1cccc1Nc1nccc(-c2cc3n(c2)C(=O)N([C@H](CO[Si](C)(C)C(C)(C)C)c2cccc(Cl)c2)C3)n1. The molecule has 0 saturated heterocycles. The van der Waals surface area contributed by atoms with Gasteiger partial charge in [-0.3, -0.25) is 4.57 Å². The van der Waals surface area contributed by atoms with E-state index in [-0.39, 0.29) is 17.1 Å². The fraction of sp³-hybridized carbons (Fsp3) is 0.345. The van der Waals surface area contributed by atoms with Crippen LogP contribution in [-0.2, 0) is 18.0 Å². The third-order valence-electron chi connectivity index (χ3n) is 7.84. The van der Waals surface area contributed by atoms with Crippen molar-refractivity contribution in [3.05, 3.63) is 83.4 Å². The van der Waals surface area contributed by atoms with Gasteiger partial charge in [0.05, 0.1) is 24.9 Å². The number of nitrogens with one attached hydrogen (secondary N) is 1. The molecule has 1 aliphatic rings. The molecule has 4 aromatic rings. The molecule has 0 aliphatic carbocycles. The first-order valence-corrected chi connectivity index (χ1v) is 16.3. The second-order valence-electron chi connectivity index (χ2n) is 11.5. The van der Waals surface area contributed by atoms with Crippen molar-refractivity contribution < 1.29 is 9.22 Å². The van der Waals surface area contributed by atoms with Crippen LogP contribution in [0.2, 0.25) is 23.2 Å². The Balaban J connectivity index is 1.39. The topological polar surface area (TPSA) is 77.2 Å². The maximum atomic E-state index is 13.7. The molecule has 1 aliphatic heterocycles. The van der Waals surface area contributed by atoms with Gasteiger partial charge in [0, 0.05) is 41.9 Å². The lowest BCUT2D eigenvalue weighted by Gasteiger charge is -2.38. The van der Waals surface area contributed by atoms with Crippen molar-refractivity contribution in [2.45, 2.75) is 51.5 Å². The summed E-state index contributed by atoms with van der Waals surface area (Å²) in [5, 5.41) is 3.94. The van der Waals surface area contributed by atoms with Crippen LogP contribution in [0.1, 0.15) is 38.1 Å². The van der Waals surface area contributed by atoms with Gasteiger partial charge >= 0.3 is 6.03 Å². The van der Waals surface area contributed by atoms with Gasteiger partial charge in [-0.25, -0.2) is 14.8 Å². The molecule has 1 atom stereocenters. The van der Waals surface area contributed by atoms with Gasteiger partial charge < -0.3 is 19.2 Å². The van der Waals surface area contributed by atoms with E-state index < -0.39 is 8.32 Å². The molecule has 5 rings (SSSR count). The summed E-state index contributed by atoms with van der Waals surface area (Å²) >= 11 is 6.36. The summed E-state index contributed by atoms with van der Waals surface area (Å²) in [4.78, 5) is 24.7. The summed E-state index contributed by atoms with van der Waals surface area (Å²) in [6.07, 6.45) is 5.53. The number of halogens is 1. The van der Waals surface area contributed by atoms with Gasteiger partial charge in [0.15, 0.2) is 8.32 Å². The summed E-state index contributed by atoms with van der Waals surface area (Å²) < 4.78 is 10.3. The second-order valence-corrected chi connectivity index (χ2v) is 16.8. The fourth-order valence-electron chi connectivity index (χ4n) is 4.44. The van der Waals surface area contributed by atoms with Crippen LogP contribution < -0.4 is 5.32 Å². The molecule has 4 heterocycles. The number of aryl methyl sites for hydroxylation is 1. The summed E-state index contributed by atoms with van der Waals surface area (Å²) in [6, 6.07) is 15.2. The van der Waals surface area contributed by atoms with Crippen LogP contribution in [0.15, 0.2) is 67.1 Å². The molecular weight excluding hydrogens is 528 g/mol. The first-order valence-electron chi connectivity index (χ1n) is 13.1. The zero-order chi connectivity index (χ0) is 27.9. The Labute approximate surface area is 235 Å². The summed E-state index contributed by atoms with van der Waals surface area (Å²) in [5.41, 5.74) is 3.49. The van der Waals surface area contributed by atoms with Gasteiger partial charge in [-0.15, -0.1) is 0 Å². The lowest BCUT2D eigenvalue weighted by atomic mass is 10.1. The van der Waals surface area contributed by atoms with Crippen molar-refractivity contribution >= 4 is 37.7 Å². The molecule has 1 N–H and O–H groups in total. The fourth-order valence-corrected chi connectivity index (χ4v) is 5.65. The van der Waals surface area contributed by atoms with Gasteiger partial charge in [-0.1, -0.05) is 44.5 Å². The van der Waals surface area contributed by atoms with Gasteiger partial charge in [0.1, 0.15) is 5.82 Å². The molecule has 1 aromatic carbocycles. The number of amides is 1. The molecule has 0 unspecified atom stereocenters. The van der Waals surface area contributed by atoms with Crippen molar-refractivity contribution in [2.24, 2.45) is 7.05 Å². The van der Waals surface area contributed by atoms with E-state index in [2.05, 4.69) is 49.1 Å².